The minimum atomic E-state index is -0.208. The second-order valence-electron chi connectivity index (χ2n) is 4.51. The Morgan fingerprint density at radius 2 is 2.11 bits per heavy atom. The van der Waals surface area contributed by atoms with Gasteiger partial charge in [-0.2, -0.15) is 0 Å². The van der Waals surface area contributed by atoms with Gasteiger partial charge in [0.05, 0.1) is 5.56 Å². The lowest BCUT2D eigenvalue weighted by Gasteiger charge is -2.11. The van der Waals surface area contributed by atoms with Gasteiger partial charge in [0.1, 0.15) is 5.15 Å². The van der Waals surface area contributed by atoms with E-state index in [4.69, 9.17) is 16.7 Å². The molecule has 100 valence electrons. The van der Waals surface area contributed by atoms with Gasteiger partial charge in [-0.15, -0.1) is 0 Å². The smallest absolute Gasteiger partial charge is 0.253 e. The van der Waals surface area contributed by atoms with Gasteiger partial charge in [-0.05, 0) is 11.3 Å². The van der Waals surface area contributed by atoms with Crippen LogP contribution in [0.3, 0.4) is 0 Å². The van der Waals surface area contributed by atoms with Crippen LogP contribution in [0.2, 0.25) is 5.15 Å². The van der Waals surface area contributed by atoms with E-state index in [0.29, 0.717) is 17.3 Å². The zero-order chi connectivity index (χ0) is 13.8. The molecule has 1 heterocycles. The zero-order valence-corrected chi connectivity index (χ0v) is 11.3. The molecule has 2 aromatic rings. The monoisotopic (exact) mass is 278 g/mol. The first kappa shape index (κ1) is 13.8. The van der Waals surface area contributed by atoms with Crippen molar-refractivity contribution < 1.29 is 9.90 Å². The number of rotatable bonds is 4. The molecule has 19 heavy (non-hydrogen) atoms. The van der Waals surface area contributed by atoms with E-state index in [9.17, 15) is 4.79 Å². The zero-order valence-electron chi connectivity index (χ0n) is 10.6. The number of nitrogens with zero attached hydrogens (tertiary/aromatic N) is 1. The summed E-state index contributed by atoms with van der Waals surface area (Å²) in [6.07, 6.45) is 1.48. The summed E-state index contributed by atoms with van der Waals surface area (Å²) in [6.45, 7) is 2.32. The fourth-order valence-electron chi connectivity index (χ4n) is 1.77. The van der Waals surface area contributed by atoms with Gasteiger partial charge in [-0.1, -0.05) is 42.8 Å². The van der Waals surface area contributed by atoms with Crippen molar-refractivity contribution in [1.29, 1.82) is 0 Å². The summed E-state index contributed by atoms with van der Waals surface area (Å²) in [7, 11) is 0. The number of carbonyl (C=O) groups excluding carboxylic acids is 1. The summed E-state index contributed by atoms with van der Waals surface area (Å²) in [5.41, 5.74) is 0.491. The molecule has 0 aliphatic carbocycles. The first-order valence-corrected chi connectivity index (χ1v) is 6.43. The lowest BCUT2D eigenvalue weighted by Crippen LogP contribution is -2.29. The van der Waals surface area contributed by atoms with Crippen LogP contribution in [0.1, 0.15) is 17.3 Å². The number of amides is 1. The maximum Gasteiger partial charge on any atom is 0.253 e. The molecular formula is C14H15ClN2O2. The molecule has 0 aliphatic rings. The molecule has 0 saturated heterocycles. The van der Waals surface area contributed by atoms with Crippen LogP contribution in [0.5, 0.6) is 0 Å². The molecule has 4 nitrogen and oxygen atoms in total. The van der Waals surface area contributed by atoms with Gasteiger partial charge < -0.3 is 10.4 Å². The number of pyridine rings is 1. The first-order valence-electron chi connectivity index (χ1n) is 6.05. The standard InChI is InChI=1S/C14H15ClN2O2/c1-9(8-18)6-17-14(19)12-7-16-13(15)11-5-3-2-4-10(11)12/h2-5,7,9,18H,6,8H2,1H3,(H,17,19). The lowest BCUT2D eigenvalue weighted by molar-refractivity contribution is 0.0943. The van der Waals surface area contributed by atoms with E-state index >= 15 is 0 Å². The fraction of sp³-hybridized carbons (Fsp3) is 0.286. The Morgan fingerprint density at radius 1 is 1.42 bits per heavy atom. The number of aliphatic hydroxyl groups excluding tert-OH is 1. The number of hydrogen-bond acceptors (Lipinski definition) is 3. The third kappa shape index (κ3) is 3.03. The maximum absolute atomic E-state index is 12.1. The molecule has 0 spiro atoms. The van der Waals surface area contributed by atoms with E-state index in [-0.39, 0.29) is 18.4 Å². The topological polar surface area (TPSA) is 62.2 Å². The second-order valence-corrected chi connectivity index (χ2v) is 4.86. The molecular weight excluding hydrogens is 264 g/mol. The van der Waals surface area contributed by atoms with Gasteiger partial charge in [0.2, 0.25) is 0 Å². The third-order valence-electron chi connectivity index (χ3n) is 2.91. The maximum atomic E-state index is 12.1. The Bertz CT molecular complexity index is 601. The molecule has 1 unspecified atom stereocenters. The number of aromatic nitrogens is 1. The molecule has 0 aliphatic heterocycles. The van der Waals surface area contributed by atoms with Crippen LogP contribution < -0.4 is 5.32 Å². The van der Waals surface area contributed by atoms with Gasteiger partial charge in [0, 0.05) is 24.7 Å². The van der Waals surface area contributed by atoms with E-state index in [1.54, 1.807) is 0 Å². The fourth-order valence-corrected chi connectivity index (χ4v) is 1.98. The third-order valence-corrected chi connectivity index (χ3v) is 3.22. The van der Waals surface area contributed by atoms with Gasteiger partial charge in [0.25, 0.3) is 5.91 Å². The number of hydrogen-bond donors (Lipinski definition) is 2. The van der Waals surface area contributed by atoms with E-state index in [1.807, 2.05) is 31.2 Å². The quantitative estimate of drug-likeness (QED) is 0.843. The molecule has 0 fully saturated rings. The SMILES string of the molecule is CC(CO)CNC(=O)c1cnc(Cl)c2ccccc12. The Morgan fingerprint density at radius 3 is 2.79 bits per heavy atom. The highest BCUT2D eigenvalue weighted by atomic mass is 35.5. The van der Waals surface area contributed by atoms with Crippen LogP contribution in [0, 0.1) is 5.92 Å². The summed E-state index contributed by atoms with van der Waals surface area (Å²) < 4.78 is 0. The van der Waals surface area contributed by atoms with Crippen LogP contribution in [-0.4, -0.2) is 29.1 Å². The highest BCUT2D eigenvalue weighted by Crippen LogP contribution is 2.24. The normalized spacial score (nSPS) is 12.4. The average Bonchev–Trinajstić information content (AvgIpc) is 2.45. The van der Waals surface area contributed by atoms with Crippen molar-refractivity contribution in [1.82, 2.24) is 10.3 Å². The summed E-state index contributed by atoms with van der Waals surface area (Å²) >= 11 is 6.01. The molecule has 0 radical (unpaired) electrons. The van der Waals surface area contributed by atoms with Crippen molar-refractivity contribution in [3.05, 3.63) is 41.2 Å². The van der Waals surface area contributed by atoms with E-state index < -0.39 is 0 Å². The molecule has 1 atom stereocenters. The Balaban J connectivity index is 2.30. The van der Waals surface area contributed by atoms with E-state index in [1.165, 1.54) is 6.20 Å². The molecule has 0 bridgehead atoms. The molecule has 1 aromatic carbocycles. The summed E-state index contributed by atoms with van der Waals surface area (Å²) in [5.74, 6) is -0.184. The van der Waals surface area contributed by atoms with Crippen LogP contribution in [0.4, 0.5) is 0 Å². The van der Waals surface area contributed by atoms with Crippen LogP contribution >= 0.6 is 11.6 Å². The Labute approximate surface area is 116 Å². The highest BCUT2D eigenvalue weighted by molar-refractivity contribution is 6.34. The van der Waals surface area contributed by atoms with Gasteiger partial charge >= 0.3 is 0 Å². The first-order chi connectivity index (χ1) is 9.13. The predicted molar refractivity (Wildman–Crippen MR) is 75.3 cm³/mol. The van der Waals surface area contributed by atoms with Crippen LogP contribution in [-0.2, 0) is 0 Å². The minimum absolute atomic E-state index is 0.0236. The molecule has 1 aromatic heterocycles. The molecule has 5 heteroatoms. The van der Waals surface area contributed by atoms with Crippen molar-refractivity contribution in [3.63, 3.8) is 0 Å². The molecule has 2 N–H and O–H groups in total. The Hall–Kier alpha value is -1.65. The van der Waals surface area contributed by atoms with E-state index in [2.05, 4.69) is 10.3 Å². The van der Waals surface area contributed by atoms with Gasteiger partial charge in [-0.3, -0.25) is 4.79 Å². The number of benzene rings is 1. The number of halogens is 1. The summed E-state index contributed by atoms with van der Waals surface area (Å²) in [5, 5.41) is 13.6. The van der Waals surface area contributed by atoms with Crippen LogP contribution in [0.25, 0.3) is 10.8 Å². The summed E-state index contributed by atoms with van der Waals surface area (Å²) in [6, 6.07) is 7.38. The number of nitrogens with one attached hydrogen (secondary N) is 1. The average molecular weight is 279 g/mol. The number of carbonyl (C=O) groups is 1. The second kappa shape index (κ2) is 5.99. The van der Waals surface area contributed by atoms with Crippen LogP contribution in [0.15, 0.2) is 30.5 Å². The largest absolute Gasteiger partial charge is 0.396 e. The van der Waals surface area contributed by atoms with Crippen molar-refractivity contribution >= 4 is 28.3 Å². The minimum Gasteiger partial charge on any atom is -0.396 e. The van der Waals surface area contributed by atoms with Crippen molar-refractivity contribution in [2.24, 2.45) is 5.92 Å². The molecule has 1 amide bonds. The molecule has 2 rings (SSSR count). The molecule has 0 saturated carbocycles. The highest BCUT2D eigenvalue weighted by Gasteiger charge is 2.13. The lowest BCUT2D eigenvalue weighted by atomic mass is 10.1. The van der Waals surface area contributed by atoms with Gasteiger partial charge in [-0.25, -0.2) is 4.98 Å². The van der Waals surface area contributed by atoms with Crippen molar-refractivity contribution in [2.75, 3.05) is 13.2 Å². The van der Waals surface area contributed by atoms with Gasteiger partial charge in [0.15, 0.2) is 0 Å². The number of aliphatic hydroxyl groups is 1. The van der Waals surface area contributed by atoms with Crippen molar-refractivity contribution in [3.8, 4) is 0 Å². The van der Waals surface area contributed by atoms with Crippen molar-refractivity contribution in [2.45, 2.75) is 6.92 Å². The Kier molecular flexibility index (Phi) is 4.35. The predicted octanol–water partition coefficient (Wildman–Crippen LogP) is 2.25. The van der Waals surface area contributed by atoms with E-state index in [0.717, 1.165) is 10.8 Å². The number of fused-ring (bicyclic) bond motifs is 1. The summed E-state index contributed by atoms with van der Waals surface area (Å²) in [4.78, 5) is 16.1.